The van der Waals surface area contributed by atoms with Crippen LogP contribution >= 0.6 is 0 Å². The van der Waals surface area contributed by atoms with E-state index in [-0.39, 0.29) is 6.54 Å². The van der Waals surface area contributed by atoms with Gasteiger partial charge in [-0.25, -0.2) is 0 Å². The predicted octanol–water partition coefficient (Wildman–Crippen LogP) is 3.99. The SMILES string of the molecule is CCOc1c(OC)cc(CNC(=NC)NCc2cccc(C(F)(F)F)c2)cc1OC. The van der Waals surface area contributed by atoms with E-state index in [4.69, 9.17) is 14.2 Å². The molecule has 164 valence electrons. The molecule has 6 nitrogen and oxygen atoms in total. The van der Waals surface area contributed by atoms with Crippen LogP contribution in [0.2, 0.25) is 0 Å². The molecule has 0 saturated carbocycles. The van der Waals surface area contributed by atoms with Gasteiger partial charge in [0.15, 0.2) is 17.5 Å². The second-order valence-corrected chi connectivity index (χ2v) is 6.24. The normalized spacial score (nSPS) is 11.8. The van der Waals surface area contributed by atoms with Gasteiger partial charge in [-0.2, -0.15) is 13.2 Å². The van der Waals surface area contributed by atoms with Gasteiger partial charge in [-0.05, 0) is 42.3 Å². The van der Waals surface area contributed by atoms with Gasteiger partial charge in [0.1, 0.15) is 0 Å². The van der Waals surface area contributed by atoms with Crippen molar-refractivity contribution in [2.45, 2.75) is 26.2 Å². The molecule has 2 aromatic rings. The Kier molecular flexibility index (Phi) is 8.20. The molecule has 0 saturated heterocycles. The third-order valence-corrected chi connectivity index (χ3v) is 4.21. The minimum Gasteiger partial charge on any atom is -0.493 e. The van der Waals surface area contributed by atoms with Crippen molar-refractivity contribution >= 4 is 5.96 Å². The fourth-order valence-electron chi connectivity index (χ4n) is 2.77. The van der Waals surface area contributed by atoms with E-state index in [1.54, 1.807) is 27.3 Å². The van der Waals surface area contributed by atoms with E-state index in [2.05, 4.69) is 15.6 Å². The second-order valence-electron chi connectivity index (χ2n) is 6.24. The Labute approximate surface area is 174 Å². The number of halogens is 3. The summed E-state index contributed by atoms with van der Waals surface area (Å²) in [5, 5.41) is 6.13. The van der Waals surface area contributed by atoms with E-state index in [9.17, 15) is 13.2 Å². The molecular weight excluding hydrogens is 399 g/mol. The number of guanidine groups is 1. The van der Waals surface area contributed by atoms with Crippen molar-refractivity contribution in [1.82, 2.24) is 10.6 Å². The Morgan fingerprint density at radius 3 is 2.07 bits per heavy atom. The summed E-state index contributed by atoms with van der Waals surface area (Å²) < 4.78 is 54.9. The highest BCUT2D eigenvalue weighted by molar-refractivity contribution is 5.79. The Morgan fingerprint density at radius 1 is 0.967 bits per heavy atom. The summed E-state index contributed by atoms with van der Waals surface area (Å²) in [5.74, 6) is 2.05. The first-order valence-electron chi connectivity index (χ1n) is 9.30. The zero-order valence-corrected chi connectivity index (χ0v) is 17.4. The second kappa shape index (κ2) is 10.6. The summed E-state index contributed by atoms with van der Waals surface area (Å²) in [6.07, 6.45) is -4.37. The van der Waals surface area contributed by atoms with E-state index in [0.29, 0.717) is 41.9 Å². The van der Waals surface area contributed by atoms with Gasteiger partial charge in [-0.1, -0.05) is 12.1 Å². The molecule has 0 bridgehead atoms. The van der Waals surface area contributed by atoms with Gasteiger partial charge in [0.25, 0.3) is 0 Å². The zero-order chi connectivity index (χ0) is 22.1. The summed E-state index contributed by atoms with van der Waals surface area (Å²) in [6.45, 7) is 2.92. The first kappa shape index (κ1) is 23.2. The third-order valence-electron chi connectivity index (χ3n) is 4.21. The molecule has 0 unspecified atom stereocenters. The quantitative estimate of drug-likeness (QED) is 0.495. The number of aliphatic imine (C=N–C) groups is 1. The van der Waals surface area contributed by atoms with E-state index in [0.717, 1.165) is 17.7 Å². The molecule has 9 heteroatoms. The number of ether oxygens (including phenoxy) is 3. The Hall–Kier alpha value is -3.10. The number of methoxy groups -OCH3 is 2. The van der Waals surface area contributed by atoms with Crippen molar-refractivity contribution in [3.63, 3.8) is 0 Å². The molecule has 2 N–H and O–H groups in total. The average molecular weight is 425 g/mol. The molecule has 0 spiro atoms. The van der Waals surface area contributed by atoms with Gasteiger partial charge in [0.2, 0.25) is 5.75 Å². The van der Waals surface area contributed by atoms with Gasteiger partial charge in [0.05, 0.1) is 26.4 Å². The topological polar surface area (TPSA) is 64.1 Å². The lowest BCUT2D eigenvalue weighted by molar-refractivity contribution is -0.137. The summed E-state index contributed by atoms with van der Waals surface area (Å²) in [4.78, 5) is 4.11. The lowest BCUT2D eigenvalue weighted by atomic mass is 10.1. The van der Waals surface area contributed by atoms with Crippen LogP contribution < -0.4 is 24.8 Å². The molecule has 30 heavy (non-hydrogen) atoms. The third kappa shape index (κ3) is 6.20. The van der Waals surface area contributed by atoms with Crippen LogP contribution in [0.3, 0.4) is 0 Å². The van der Waals surface area contributed by atoms with Gasteiger partial charge in [0, 0.05) is 20.1 Å². The molecule has 0 aliphatic rings. The summed E-state index contributed by atoms with van der Waals surface area (Å²) >= 11 is 0. The molecule has 0 fully saturated rings. The van der Waals surface area contributed by atoms with Crippen LogP contribution in [0, 0.1) is 0 Å². The smallest absolute Gasteiger partial charge is 0.416 e. The molecule has 0 aliphatic heterocycles. The summed E-state index contributed by atoms with van der Waals surface area (Å²) in [7, 11) is 4.68. The average Bonchev–Trinajstić information content (AvgIpc) is 2.74. The highest BCUT2D eigenvalue weighted by atomic mass is 19.4. The Morgan fingerprint density at radius 2 is 1.57 bits per heavy atom. The first-order chi connectivity index (χ1) is 14.3. The predicted molar refractivity (Wildman–Crippen MR) is 109 cm³/mol. The molecule has 2 aromatic carbocycles. The van der Waals surface area contributed by atoms with E-state index < -0.39 is 11.7 Å². The van der Waals surface area contributed by atoms with Crippen LogP contribution in [0.4, 0.5) is 13.2 Å². The molecule has 0 atom stereocenters. The number of hydrogen-bond donors (Lipinski definition) is 2. The van der Waals surface area contributed by atoms with E-state index in [1.165, 1.54) is 6.07 Å². The minimum atomic E-state index is -4.37. The molecular formula is C21H26F3N3O3. The highest BCUT2D eigenvalue weighted by Gasteiger charge is 2.30. The molecule has 0 radical (unpaired) electrons. The van der Waals surface area contributed by atoms with Crippen molar-refractivity contribution in [2.24, 2.45) is 4.99 Å². The van der Waals surface area contributed by atoms with Crippen molar-refractivity contribution < 1.29 is 27.4 Å². The standard InChI is InChI=1S/C21H26F3N3O3/c1-5-30-19-17(28-3)10-15(11-18(19)29-4)13-27-20(25-2)26-12-14-7-6-8-16(9-14)21(22,23)24/h6-11H,5,12-13H2,1-4H3,(H2,25,26,27). The Bertz CT molecular complexity index is 845. The lowest BCUT2D eigenvalue weighted by Crippen LogP contribution is -2.36. The van der Waals surface area contributed by atoms with E-state index in [1.807, 2.05) is 19.1 Å². The fourth-order valence-corrected chi connectivity index (χ4v) is 2.77. The highest BCUT2D eigenvalue weighted by Crippen LogP contribution is 2.38. The molecule has 2 rings (SSSR count). The molecule has 0 amide bonds. The number of benzene rings is 2. The van der Waals surface area contributed by atoms with Gasteiger partial charge in [-0.3, -0.25) is 4.99 Å². The fraction of sp³-hybridized carbons (Fsp3) is 0.381. The van der Waals surface area contributed by atoms with Crippen LogP contribution in [-0.4, -0.2) is 33.8 Å². The zero-order valence-electron chi connectivity index (χ0n) is 17.4. The van der Waals surface area contributed by atoms with Crippen LogP contribution in [0.5, 0.6) is 17.2 Å². The van der Waals surface area contributed by atoms with Crippen molar-refractivity contribution in [1.29, 1.82) is 0 Å². The molecule has 0 aromatic heterocycles. The largest absolute Gasteiger partial charge is 0.493 e. The van der Waals surface area contributed by atoms with Gasteiger partial charge >= 0.3 is 6.18 Å². The van der Waals surface area contributed by atoms with Crippen LogP contribution in [0.15, 0.2) is 41.4 Å². The van der Waals surface area contributed by atoms with Crippen molar-refractivity contribution in [2.75, 3.05) is 27.9 Å². The van der Waals surface area contributed by atoms with E-state index >= 15 is 0 Å². The lowest BCUT2D eigenvalue weighted by Gasteiger charge is -2.17. The number of nitrogens with one attached hydrogen (secondary N) is 2. The summed E-state index contributed by atoms with van der Waals surface area (Å²) in [5.41, 5.74) is 0.671. The maximum atomic E-state index is 12.9. The van der Waals surface area contributed by atoms with Crippen LogP contribution in [-0.2, 0) is 19.3 Å². The summed E-state index contributed by atoms with van der Waals surface area (Å²) in [6, 6.07) is 8.80. The Balaban J connectivity index is 2.04. The van der Waals surface area contributed by atoms with Gasteiger partial charge in [-0.15, -0.1) is 0 Å². The number of rotatable bonds is 8. The minimum absolute atomic E-state index is 0.194. The van der Waals surface area contributed by atoms with Crippen molar-refractivity contribution in [3.8, 4) is 17.2 Å². The van der Waals surface area contributed by atoms with Crippen LogP contribution in [0.1, 0.15) is 23.6 Å². The number of alkyl halides is 3. The maximum Gasteiger partial charge on any atom is 0.416 e. The van der Waals surface area contributed by atoms with Crippen molar-refractivity contribution in [3.05, 3.63) is 53.1 Å². The molecule has 0 heterocycles. The van der Waals surface area contributed by atoms with Gasteiger partial charge < -0.3 is 24.8 Å². The maximum absolute atomic E-state index is 12.9. The van der Waals surface area contributed by atoms with Crippen LogP contribution in [0.25, 0.3) is 0 Å². The number of nitrogens with zero attached hydrogens (tertiary/aromatic N) is 1. The first-order valence-corrected chi connectivity index (χ1v) is 9.30. The molecule has 0 aliphatic carbocycles. The number of hydrogen-bond acceptors (Lipinski definition) is 4. The monoisotopic (exact) mass is 425 g/mol.